The second-order valence-corrected chi connectivity index (χ2v) is 9.50. The quantitative estimate of drug-likeness (QED) is 0.340. The van der Waals surface area contributed by atoms with Gasteiger partial charge in [0.15, 0.2) is 0 Å². The van der Waals surface area contributed by atoms with Crippen LogP contribution in [0.3, 0.4) is 0 Å². The molecule has 5 rings (SSSR count). The fraction of sp³-hybridized carbons (Fsp3) is 0.0769. The number of para-hydroxylation sites is 1. The van der Waals surface area contributed by atoms with Crippen molar-refractivity contribution in [3.8, 4) is 11.4 Å². The molecule has 0 saturated heterocycles. The van der Waals surface area contributed by atoms with E-state index >= 15 is 0 Å². The van der Waals surface area contributed by atoms with E-state index in [4.69, 9.17) is 0 Å². The van der Waals surface area contributed by atoms with Crippen molar-refractivity contribution in [3.05, 3.63) is 96.2 Å². The van der Waals surface area contributed by atoms with Crippen LogP contribution in [0.15, 0.2) is 89.8 Å². The molecule has 0 aliphatic rings. The molecule has 4 aromatic carbocycles. The van der Waals surface area contributed by atoms with Gasteiger partial charge in [0.1, 0.15) is 5.75 Å². The molecule has 2 N–H and O–H groups in total. The molecule has 0 saturated carbocycles. The van der Waals surface area contributed by atoms with Gasteiger partial charge in [-0.2, -0.15) is 0 Å². The lowest BCUT2D eigenvalue weighted by Crippen LogP contribution is -2.13. The van der Waals surface area contributed by atoms with Crippen LogP contribution in [0.25, 0.3) is 27.4 Å². The summed E-state index contributed by atoms with van der Waals surface area (Å²) in [6, 6.07) is 25.2. The van der Waals surface area contributed by atoms with E-state index in [1.807, 2.05) is 54.8 Å². The van der Waals surface area contributed by atoms with E-state index in [1.54, 1.807) is 48.5 Å². The number of phenolic OH excluding ortho intramolecular Hbond substituents is 1. The third kappa shape index (κ3) is 3.11. The van der Waals surface area contributed by atoms with Gasteiger partial charge in [0.25, 0.3) is 10.0 Å². The number of hydrogen-bond donors (Lipinski definition) is 2. The number of phenols is 1. The summed E-state index contributed by atoms with van der Waals surface area (Å²) in [6.07, 6.45) is 0. The van der Waals surface area contributed by atoms with Gasteiger partial charge in [-0.3, -0.25) is 4.72 Å². The first-order valence-corrected chi connectivity index (χ1v) is 11.8. The summed E-state index contributed by atoms with van der Waals surface area (Å²) >= 11 is 0. The Morgan fingerprint density at radius 2 is 1.38 bits per heavy atom. The van der Waals surface area contributed by atoms with E-state index in [0.717, 1.165) is 22.2 Å². The lowest BCUT2D eigenvalue weighted by atomic mass is 10.1. The van der Waals surface area contributed by atoms with Crippen molar-refractivity contribution in [3.63, 3.8) is 0 Å². The fourth-order valence-corrected chi connectivity index (χ4v) is 5.33. The zero-order valence-corrected chi connectivity index (χ0v) is 18.5. The normalized spacial score (nSPS) is 11.8. The fourth-order valence-electron chi connectivity index (χ4n) is 4.24. The largest absolute Gasteiger partial charge is 0.505 e. The second kappa shape index (κ2) is 7.43. The Hall–Kier alpha value is -3.77. The molecular formula is C26H22N2O3S. The highest BCUT2D eigenvalue weighted by Crippen LogP contribution is 2.40. The van der Waals surface area contributed by atoms with Crippen molar-refractivity contribution < 1.29 is 13.5 Å². The van der Waals surface area contributed by atoms with Gasteiger partial charge in [0, 0.05) is 21.9 Å². The lowest BCUT2D eigenvalue weighted by molar-refractivity contribution is 0.479. The molecular weight excluding hydrogens is 420 g/mol. The Balaban J connectivity index is 1.79. The highest BCUT2D eigenvalue weighted by atomic mass is 32.2. The first-order valence-electron chi connectivity index (χ1n) is 10.3. The van der Waals surface area contributed by atoms with Crippen LogP contribution in [0.2, 0.25) is 0 Å². The number of benzene rings is 4. The molecule has 0 radical (unpaired) electrons. The first kappa shape index (κ1) is 20.2. The summed E-state index contributed by atoms with van der Waals surface area (Å²) in [5.41, 5.74) is 3.97. The monoisotopic (exact) mass is 442 g/mol. The average molecular weight is 443 g/mol. The van der Waals surface area contributed by atoms with Crippen molar-refractivity contribution in [1.29, 1.82) is 0 Å². The van der Waals surface area contributed by atoms with Crippen LogP contribution in [0.4, 0.5) is 5.69 Å². The molecule has 0 unspecified atom stereocenters. The molecule has 6 heteroatoms. The van der Waals surface area contributed by atoms with Crippen LogP contribution in [0.5, 0.6) is 5.75 Å². The number of nitrogens with zero attached hydrogens (tertiary/aromatic N) is 1. The molecule has 32 heavy (non-hydrogen) atoms. The van der Waals surface area contributed by atoms with E-state index in [2.05, 4.69) is 4.72 Å². The minimum atomic E-state index is -3.80. The molecule has 5 aromatic rings. The van der Waals surface area contributed by atoms with Gasteiger partial charge in [0.2, 0.25) is 0 Å². The van der Waals surface area contributed by atoms with E-state index in [9.17, 15) is 13.5 Å². The topological polar surface area (TPSA) is 71.3 Å². The number of aromatic hydroxyl groups is 1. The number of aryl methyl sites for hydroxylation is 1. The van der Waals surface area contributed by atoms with Crippen LogP contribution in [0.1, 0.15) is 11.3 Å². The highest BCUT2D eigenvalue weighted by molar-refractivity contribution is 7.92. The van der Waals surface area contributed by atoms with Gasteiger partial charge in [0.05, 0.1) is 21.8 Å². The summed E-state index contributed by atoms with van der Waals surface area (Å²) in [4.78, 5) is 0.178. The molecule has 0 bridgehead atoms. The maximum absolute atomic E-state index is 13.1. The zero-order chi connectivity index (χ0) is 22.5. The maximum Gasteiger partial charge on any atom is 0.261 e. The minimum absolute atomic E-state index is 0.104. The van der Waals surface area contributed by atoms with Gasteiger partial charge in [-0.05, 0) is 43.7 Å². The lowest BCUT2D eigenvalue weighted by Gasteiger charge is -2.17. The zero-order valence-electron chi connectivity index (χ0n) is 17.7. The summed E-state index contributed by atoms with van der Waals surface area (Å²) in [7, 11) is -3.80. The van der Waals surface area contributed by atoms with E-state index in [1.165, 1.54) is 0 Å². The average Bonchev–Trinajstić information content (AvgIpc) is 3.06. The van der Waals surface area contributed by atoms with Gasteiger partial charge in [-0.15, -0.1) is 0 Å². The molecule has 5 nitrogen and oxygen atoms in total. The van der Waals surface area contributed by atoms with E-state index in [-0.39, 0.29) is 10.6 Å². The van der Waals surface area contributed by atoms with E-state index in [0.29, 0.717) is 22.1 Å². The Bertz CT molecular complexity index is 1590. The predicted octanol–water partition coefficient (Wildman–Crippen LogP) is 5.91. The maximum atomic E-state index is 13.1. The minimum Gasteiger partial charge on any atom is -0.505 e. The number of sulfonamides is 1. The smallest absolute Gasteiger partial charge is 0.261 e. The molecule has 0 fully saturated rings. The van der Waals surface area contributed by atoms with Gasteiger partial charge < -0.3 is 9.67 Å². The number of anilines is 1. The Kier molecular flexibility index (Phi) is 4.68. The van der Waals surface area contributed by atoms with Crippen LogP contribution in [-0.4, -0.2) is 18.1 Å². The van der Waals surface area contributed by atoms with Crippen molar-refractivity contribution in [2.45, 2.75) is 18.7 Å². The predicted molar refractivity (Wildman–Crippen MR) is 129 cm³/mol. The number of fused-ring (bicyclic) bond motifs is 2. The van der Waals surface area contributed by atoms with E-state index < -0.39 is 10.0 Å². The highest BCUT2D eigenvalue weighted by Gasteiger charge is 2.21. The van der Waals surface area contributed by atoms with Gasteiger partial charge in [-0.25, -0.2) is 8.42 Å². The summed E-state index contributed by atoms with van der Waals surface area (Å²) < 4.78 is 30.9. The number of aromatic nitrogens is 1. The summed E-state index contributed by atoms with van der Waals surface area (Å²) in [6.45, 7) is 4.04. The van der Waals surface area contributed by atoms with Crippen molar-refractivity contribution >= 4 is 37.4 Å². The number of nitrogens with one attached hydrogen (secondary N) is 1. The van der Waals surface area contributed by atoms with Gasteiger partial charge >= 0.3 is 0 Å². The molecule has 1 aromatic heterocycles. The van der Waals surface area contributed by atoms with Crippen LogP contribution in [0, 0.1) is 13.8 Å². The molecule has 0 spiro atoms. The summed E-state index contributed by atoms with van der Waals surface area (Å²) in [5.74, 6) is 0.104. The van der Waals surface area contributed by atoms with Gasteiger partial charge in [-0.1, -0.05) is 60.7 Å². The Morgan fingerprint density at radius 1 is 0.781 bits per heavy atom. The van der Waals surface area contributed by atoms with Crippen LogP contribution < -0.4 is 4.72 Å². The Morgan fingerprint density at radius 3 is 2.09 bits per heavy atom. The number of rotatable bonds is 4. The molecule has 0 amide bonds. The second-order valence-electron chi connectivity index (χ2n) is 7.82. The van der Waals surface area contributed by atoms with Crippen molar-refractivity contribution in [2.24, 2.45) is 0 Å². The molecule has 0 aliphatic heterocycles. The third-order valence-electron chi connectivity index (χ3n) is 5.96. The third-order valence-corrected chi connectivity index (χ3v) is 7.34. The molecule has 1 heterocycles. The SMILES string of the molecule is Cc1c(C)n(-c2cc(NS(=O)(=O)c3ccccc3)c3ccccc3c2O)c2ccccc12. The molecule has 160 valence electrons. The molecule has 0 atom stereocenters. The van der Waals surface area contributed by atoms with Crippen LogP contribution >= 0.6 is 0 Å². The number of hydrogen-bond acceptors (Lipinski definition) is 3. The standard InChI is InChI=1S/C26H22N2O3S/c1-17-18(2)28(24-15-9-8-12-20(17)24)25-16-23(21-13-6-7-14-22(21)26(25)29)27-32(30,31)19-10-4-3-5-11-19/h3-16,27,29H,1-2H3. The Labute approximate surface area is 186 Å². The van der Waals surface area contributed by atoms with Crippen molar-refractivity contribution in [2.75, 3.05) is 4.72 Å². The first-order chi connectivity index (χ1) is 15.4. The summed E-state index contributed by atoms with van der Waals surface area (Å²) in [5, 5.41) is 13.5. The van der Waals surface area contributed by atoms with Crippen LogP contribution in [-0.2, 0) is 10.0 Å². The van der Waals surface area contributed by atoms with Crippen molar-refractivity contribution in [1.82, 2.24) is 4.57 Å². The molecule has 0 aliphatic carbocycles.